The van der Waals surface area contributed by atoms with Crippen LogP contribution in [0.4, 0.5) is 5.69 Å². The highest BCUT2D eigenvalue weighted by atomic mass is 35.5. The van der Waals surface area contributed by atoms with Gasteiger partial charge in [-0.2, -0.15) is 0 Å². The third kappa shape index (κ3) is 2.09. The van der Waals surface area contributed by atoms with Crippen LogP contribution in [-0.4, -0.2) is 12.6 Å². The Morgan fingerprint density at radius 2 is 2.27 bits per heavy atom. The van der Waals surface area contributed by atoms with E-state index in [2.05, 4.69) is 17.9 Å². The number of halogens is 2. The minimum absolute atomic E-state index is 0.527. The molecule has 15 heavy (non-hydrogen) atoms. The Kier molecular flexibility index (Phi) is 3.42. The summed E-state index contributed by atoms with van der Waals surface area (Å²) in [5, 5.41) is 0.821. The van der Waals surface area contributed by atoms with Crippen LogP contribution in [-0.2, 0) is 5.88 Å². The summed E-state index contributed by atoms with van der Waals surface area (Å²) in [5.41, 5.74) is 2.28. The molecule has 1 aliphatic rings. The first-order valence-corrected chi connectivity index (χ1v) is 6.25. The molecule has 0 bridgehead atoms. The molecule has 82 valence electrons. The van der Waals surface area contributed by atoms with Crippen LogP contribution in [0.15, 0.2) is 18.2 Å². The van der Waals surface area contributed by atoms with E-state index in [1.807, 2.05) is 12.1 Å². The van der Waals surface area contributed by atoms with E-state index in [0.717, 1.165) is 22.8 Å². The number of benzene rings is 1. The van der Waals surface area contributed by atoms with Crippen LogP contribution in [0.25, 0.3) is 0 Å². The molecule has 1 unspecified atom stereocenters. The first-order valence-electron chi connectivity index (χ1n) is 5.34. The third-order valence-corrected chi connectivity index (χ3v) is 3.65. The lowest BCUT2D eigenvalue weighted by Crippen LogP contribution is -2.27. The highest BCUT2D eigenvalue weighted by Crippen LogP contribution is 2.35. The summed E-state index contributed by atoms with van der Waals surface area (Å²) in [4.78, 5) is 2.38. The number of nitrogens with zero attached hydrogens (tertiary/aromatic N) is 1. The molecule has 1 aliphatic heterocycles. The van der Waals surface area contributed by atoms with Crippen molar-refractivity contribution in [3.05, 3.63) is 28.8 Å². The van der Waals surface area contributed by atoms with Crippen LogP contribution in [0.2, 0.25) is 5.02 Å². The van der Waals surface area contributed by atoms with E-state index < -0.39 is 0 Å². The van der Waals surface area contributed by atoms with Crippen molar-refractivity contribution in [2.75, 3.05) is 11.4 Å². The van der Waals surface area contributed by atoms with E-state index in [-0.39, 0.29) is 0 Å². The molecule has 1 heterocycles. The summed E-state index contributed by atoms with van der Waals surface area (Å²) in [6.07, 6.45) is 2.49. The molecular formula is C12H15Cl2N. The van der Waals surface area contributed by atoms with Crippen molar-refractivity contribution >= 4 is 28.9 Å². The Morgan fingerprint density at radius 3 is 2.87 bits per heavy atom. The number of para-hydroxylation sites is 1. The average Bonchev–Trinajstić information content (AvgIpc) is 2.64. The van der Waals surface area contributed by atoms with Gasteiger partial charge in [0.15, 0.2) is 0 Å². The quantitative estimate of drug-likeness (QED) is 0.709. The van der Waals surface area contributed by atoms with Gasteiger partial charge in [-0.1, -0.05) is 23.7 Å². The minimum atomic E-state index is 0.527. The van der Waals surface area contributed by atoms with Crippen molar-refractivity contribution in [2.24, 2.45) is 0 Å². The lowest BCUT2D eigenvalue weighted by atomic mass is 10.1. The van der Waals surface area contributed by atoms with Crippen LogP contribution >= 0.6 is 23.2 Å². The van der Waals surface area contributed by atoms with Crippen LogP contribution < -0.4 is 4.90 Å². The number of anilines is 1. The maximum absolute atomic E-state index is 6.25. The van der Waals surface area contributed by atoms with E-state index in [4.69, 9.17) is 23.2 Å². The van der Waals surface area contributed by atoms with Gasteiger partial charge in [0.1, 0.15) is 0 Å². The van der Waals surface area contributed by atoms with Crippen molar-refractivity contribution in [3.8, 4) is 0 Å². The van der Waals surface area contributed by atoms with E-state index >= 15 is 0 Å². The van der Waals surface area contributed by atoms with Gasteiger partial charge in [-0.3, -0.25) is 0 Å². The molecule has 1 saturated heterocycles. The second-order valence-electron chi connectivity index (χ2n) is 4.07. The Balaban J connectivity index is 2.41. The summed E-state index contributed by atoms with van der Waals surface area (Å²) < 4.78 is 0. The number of hydrogen-bond donors (Lipinski definition) is 0. The first kappa shape index (κ1) is 11.1. The third-order valence-electron chi connectivity index (χ3n) is 3.05. The van der Waals surface area contributed by atoms with Crippen LogP contribution in [0, 0.1) is 0 Å². The van der Waals surface area contributed by atoms with E-state index in [1.165, 1.54) is 12.8 Å². The van der Waals surface area contributed by atoms with Gasteiger partial charge in [-0.05, 0) is 31.4 Å². The second kappa shape index (κ2) is 4.63. The number of rotatable bonds is 2. The molecule has 0 aliphatic carbocycles. The first-order chi connectivity index (χ1) is 7.24. The topological polar surface area (TPSA) is 3.24 Å². The van der Waals surface area contributed by atoms with Gasteiger partial charge in [-0.15, -0.1) is 11.6 Å². The molecule has 0 N–H and O–H groups in total. The lowest BCUT2D eigenvalue weighted by molar-refractivity contribution is 0.733. The van der Waals surface area contributed by atoms with Crippen LogP contribution in [0.5, 0.6) is 0 Å². The molecule has 3 heteroatoms. The molecule has 0 aromatic heterocycles. The van der Waals surface area contributed by atoms with Gasteiger partial charge >= 0.3 is 0 Å². The van der Waals surface area contributed by atoms with Crippen molar-refractivity contribution in [3.63, 3.8) is 0 Å². The maximum Gasteiger partial charge on any atom is 0.0642 e. The Morgan fingerprint density at radius 1 is 1.47 bits per heavy atom. The van der Waals surface area contributed by atoms with E-state index in [9.17, 15) is 0 Å². The standard InChI is InChI=1S/C12H15Cl2N/c1-9-4-3-7-15(9)12-10(8-13)5-2-6-11(12)14/h2,5-6,9H,3-4,7-8H2,1H3. The molecule has 0 spiro atoms. The fraction of sp³-hybridized carbons (Fsp3) is 0.500. The van der Waals surface area contributed by atoms with E-state index in [1.54, 1.807) is 0 Å². The molecule has 0 saturated carbocycles. The van der Waals surface area contributed by atoms with Crippen molar-refractivity contribution < 1.29 is 0 Å². The van der Waals surface area contributed by atoms with Gasteiger partial charge < -0.3 is 4.90 Å². The smallest absolute Gasteiger partial charge is 0.0642 e. The maximum atomic E-state index is 6.25. The van der Waals surface area contributed by atoms with E-state index in [0.29, 0.717) is 11.9 Å². The highest BCUT2D eigenvalue weighted by molar-refractivity contribution is 6.33. The fourth-order valence-corrected chi connectivity index (χ4v) is 2.77. The van der Waals surface area contributed by atoms with Crippen molar-refractivity contribution in [1.82, 2.24) is 0 Å². The predicted octanol–water partition coefficient (Wildman–Crippen LogP) is 4.07. The summed E-state index contributed by atoms with van der Waals surface area (Å²) in [6, 6.07) is 6.54. The predicted molar refractivity (Wildman–Crippen MR) is 67.1 cm³/mol. The van der Waals surface area contributed by atoms with Gasteiger partial charge in [0, 0.05) is 18.5 Å². The Bertz CT molecular complexity index is 351. The molecule has 0 radical (unpaired) electrons. The largest absolute Gasteiger partial charge is 0.367 e. The van der Waals surface area contributed by atoms with Crippen molar-refractivity contribution in [1.29, 1.82) is 0 Å². The number of alkyl halides is 1. The Labute approximate surface area is 101 Å². The van der Waals surface area contributed by atoms with Crippen LogP contribution in [0.3, 0.4) is 0 Å². The summed E-state index contributed by atoms with van der Waals surface area (Å²) >= 11 is 12.2. The van der Waals surface area contributed by atoms with Crippen molar-refractivity contribution in [2.45, 2.75) is 31.7 Å². The SMILES string of the molecule is CC1CCCN1c1c(Cl)cccc1CCl. The summed E-state index contributed by atoms with van der Waals surface area (Å²) in [6.45, 7) is 3.34. The number of hydrogen-bond acceptors (Lipinski definition) is 1. The molecule has 0 amide bonds. The molecule has 1 atom stereocenters. The summed E-state index contributed by atoms with van der Waals surface area (Å²) in [5.74, 6) is 0.527. The zero-order chi connectivity index (χ0) is 10.8. The molecule has 1 aromatic carbocycles. The average molecular weight is 244 g/mol. The lowest BCUT2D eigenvalue weighted by Gasteiger charge is -2.27. The molecule has 1 aromatic rings. The zero-order valence-corrected chi connectivity index (χ0v) is 10.4. The summed E-state index contributed by atoms with van der Waals surface area (Å²) in [7, 11) is 0. The van der Waals surface area contributed by atoms with Gasteiger partial charge in [0.2, 0.25) is 0 Å². The monoisotopic (exact) mass is 243 g/mol. The van der Waals surface area contributed by atoms with Crippen LogP contribution in [0.1, 0.15) is 25.3 Å². The van der Waals surface area contributed by atoms with Gasteiger partial charge in [0.25, 0.3) is 0 Å². The fourth-order valence-electron chi connectivity index (χ4n) is 2.25. The molecule has 1 fully saturated rings. The van der Waals surface area contributed by atoms with Gasteiger partial charge in [0.05, 0.1) is 10.7 Å². The van der Waals surface area contributed by atoms with Gasteiger partial charge in [-0.25, -0.2) is 0 Å². The molecule has 2 rings (SSSR count). The highest BCUT2D eigenvalue weighted by Gasteiger charge is 2.24. The zero-order valence-electron chi connectivity index (χ0n) is 8.84. The minimum Gasteiger partial charge on any atom is -0.367 e. The second-order valence-corrected chi connectivity index (χ2v) is 4.74. The molecule has 1 nitrogen and oxygen atoms in total. The normalized spacial score (nSPS) is 21.0. The Hall–Kier alpha value is -0.400. The molecular weight excluding hydrogens is 229 g/mol.